The minimum Gasteiger partial charge on any atom is -0.385 e. The van der Waals surface area contributed by atoms with E-state index in [1.165, 1.54) is 22.5 Å². The zero-order chi connectivity index (χ0) is 17.1. The molecule has 128 valence electrons. The number of rotatable bonds is 2. The first-order valence-corrected chi connectivity index (χ1v) is 10.6. The predicted octanol–water partition coefficient (Wildman–Crippen LogP) is 2.64. The molecule has 4 nitrogen and oxygen atoms in total. The summed E-state index contributed by atoms with van der Waals surface area (Å²) in [5, 5.41) is 10.9. The molecule has 0 fully saturated rings. The van der Waals surface area contributed by atoms with Gasteiger partial charge in [0.1, 0.15) is 16.5 Å². The number of halogens is 1. The minimum atomic E-state index is -3.50. The predicted molar refractivity (Wildman–Crippen MR) is 92.2 cm³/mol. The third kappa shape index (κ3) is 2.46. The average molecular weight is 367 g/mol. The smallest absolute Gasteiger partial charge is 0.185 e. The van der Waals surface area contributed by atoms with Crippen LogP contribution in [-0.2, 0) is 29.2 Å². The van der Waals surface area contributed by atoms with Crippen molar-refractivity contribution in [3.05, 3.63) is 46.5 Å². The molecule has 0 saturated carbocycles. The molecule has 1 aliphatic heterocycles. The summed E-state index contributed by atoms with van der Waals surface area (Å²) in [6, 6.07) is 8.18. The summed E-state index contributed by atoms with van der Waals surface area (Å²) in [5.41, 5.74) is 3.46. The second-order valence-electron chi connectivity index (χ2n) is 6.46. The summed E-state index contributed by atoms with van der Waals surface area (Å²) in [5.74, 6) is 0. The topological polar surface area (TPSA) is 57.6 Å². The summed E-state index contributed by atoms with van der Waals surface area (Å²) < 4.78 is 38.3. The molecule has 4 rings (SSSR count). The zero-order valence-corrected chi connectivity index (χ0v) is 14.8. The van der Waals surface area contributed by atoms with Crippen molar-refractivity contribution in [2.24, 2.45) is 0 Å². The number of anilines is 1. The third-order valence-corrected chi connectivity index (χ3v) is 7.94. The molecule has 2 heterocycles. The van der Waals surface area contributed by atoms with E-state index in [2.05, 4.69) is 17.0 Å². The molecule has 7 heteroatoms. The van der Waals surface area contributed by atoms with Crippen LogP contribution in [0.2, 0.25) is 0 Å². The number of alkyl halides is 1. The molecule has 0 bridgehead atoms. The standard InChI is InChI=1S/C17H18FNO3S2/c1-24(21,22)17-14-12(8-13(18)15(14)20)16(23-17)19-7-6-10-4-2-3-5-11(10)9-19/h2-5,13,15,20H,6-9H2,1H3/t13-,15-/m1/s1. The second kappa shape index (κ2) is 5.54. The molecule has 2 aromatic rings. The highest BCUT2D eigenvalue weighted by molar-refractivity contribution is 7.92. The molecule has 0 radical (unpaired) electrons. The highest BCUT2D eigenvalue weighted by Gasteiger charge is 2.41. The lowest BCUT2D eigenvalue weighted by Crippen LogP contribution is -2.30. The van der Waals surface area contributed by atoms with Crippen molar-refractivity contribution in [2.75, 3.05) is 17.7 Å². The van der Waals surface area contributed by atoms with E-state index in [1.54, 1.807) is 0 Å². The second-order valence-corrected chi connectivity index (χ2v) is 9.67. The summed E-state index contributed by atoms with van der Waals surface area (Å²) in [6.45, 7) is 1.44. The molecule has 2 atom stereocenters. The van der Waals surface area contributed by atoms with Gasteiger partial charge in [-0.3, -0.25) is 0 Å². The zero-order valence-electron chi connectivity index (χ0n) is 13.2. The minimum absolute atomic E-state index is 0.0794. The van der Waals surface area contributed by atoms with Gasteiger partial charge in [0, 0.05) is 31.3 Å². The van der Waals surface area contributed by atoms with Gasteiger partial charge in [-0.15, -0.1) is 11.3 Å². The number of sulfone groups is 1. The van der Waals surface area contributed by atoms with Crippen LogP contribution in [0.15, 0.2) is 28.5 Å². The fraction of sp³-hybridized carbons (Fsp3) is 0.412. The van der Waals surface area contributed by atoms with Crippen LogP contribution in [0.3, 0.4) is 0 Å². The lowest BCUT2D eigenvalue weighted by Gasteiger charge is -2.30. The van der Waals surface area contributed by atoms with E-state index in [9.17, 15) is 17.9 Å². The van der Waals surface area contributed by atoms with Gasteiger partial charge in [-0.05, 0) is 23.1 Å². The van der Waals surface area contributed by atoms with Crippen molar-refractivity contribution in [1.82, 2.24) is 0 Å². The number of aliphatic hydroxyl groups is 1. The molecular formula is C17H18FNO3S2. The fourth-order valence-electron chi connectivity index (χ4n) is 3.63. The number of benzene rings is 1. The average Bonchev–Trinajstić information content (AvgIpc) is 3.05. The molecule has 24 heavy (non-hydrogen) atoms. The number of thiophene rings is 1. The van der Waals surface area contributed by atoms with E-state index < -0.39 is 22.1 Å². The van der Waals surface area contributed by atoms with Gasteiger partial charge in [-0.25, -0.2) is 12.8 Å². The Morgan fingerprint density at radius 2 is 2.00 bits per heavy atom. The summed E-state index contributed by atoms with van der Waals surface area (Å²) in [6.07, 6.45) is -0.701. The van der Waals surface area contributed by atoms with Crippen molar-refractivity contribution in [2.45, 2.75) is 35.9 Å². The molecule has 1 aliphatic carbocycles. The molecular weight excluding hydrogens is 349 g/mol. The Labute approximate surface area is 144 Å². The van der Waals surface area contributed by atoms with Crippen LogP contribution in [0.25, 0.3) is 0 Å². The maximum Gasteiger partial charge on any atom is 0.185 e. The van der Waals surface area contributed by atoms with Crippen LogP contribution in [0.5, 0.6) is 0 Å². The van der Waals surface area contributed by atoms with Crippen LogP contribution in [0, 0.1) is 0 Å². The van der Waals surface area contributed by atoms with Gasteiger partial charge in [-0.2, -0.15) is 0 Å². The van der Waals surface area contributed by atoms with Gasteiger partial charge in [0.05, 0.1) is 5.00 Å². The van der Waals surface area contributed by atoms with E-state index >= 15 is 0 Å². The van der Waals surface area contributed by atoms with E-state index in [-0.39, 0.29) is 16.2 Å². The van der Waals surface area contributed by atoms with Crippen molar-refractivity contribution < 1.29 is 17.9 Å². The van der Waals surface area contributed by atoms with E-state index in [4.69, 9.17) is 0 Å². The number of hydrogen-bond donors (Lipinski definition) is 1. The van der Waals surface area contributed by atoms with Crippen LogP contribution < -0.4 is 4.90 Å². The first-order valence-electron chi connectivity index (χ1n) is 7.85. The SMILES string of the molecule is CS(=O)(=O)c1sc(N2CCc3ccccc3C2)c2c1[C@H](O)[C@H](F)C2. The maximum atomic E-state index is 14.0. The van der Waals surface area contributed by atoms with E-state index in [1.807, 2.05) is 12.1 Å². The summed E-state index contributed by atoms with van der Waals surface area (Å²) in [7, 11) is -3.50. The summed E-state index contributed by atoms with van der Waals surface area (Å²) in [4.78, 5) is 2.12. The molecule has 0 amide bonds. The third-order valence-electron chi connectivity index (χ3n) is 4.78. The Morgan fingerprint density at radius 1 is 1.29 bits per heavy atom. The van der Waals surface area contributed by atoms with Gasteiger partial charge in [0.2, 0.25) is 0 Å². The molecule has 0 saturated heterocycles. The van der Waals surface area contributed by atoms with Crippen molar-refractivity contribution >= 4 is 26.2 Å². The first-order chi connectivity index (χ1) is 11.4. The largest absolute Gasteiger partial charge is 0.385 e. The van der Waals surface area contributed by atoms with Crippen LogP contribution in [-0.4, -0.2) is 32.5 Å². The van der Waals surface area contributed by atoms with Gasteiger partial charge < -0.3 is 10.0 Å². The molecule has 1 N–H and O–H groups in total. The van der Waals surface area contributed by atoms with Gasteiger partial charge in [-0.1, -0.05) is 24.3 Å². The van der Waals surface area contributed by atoms with Crippen molar-refractivity contribution in [3.8, 4) is 0 Å². The van der Waals surface area contributed by atoms with E-state index in [0.29, 0.717) is 12.1 Å². The Balaban J connectivity index is 1.80. The molecule has 1 aromatic heterocycles. The Kier molecular flexibility index (Phi) is 3.71. The molecule has 2 aliphatic rings. The van der Waals surface area contributed by atoms with Crippen LogP contribution >= 0.6 is 11.3 Å². The lowest BCUT2D eigenvalue weighted by atomic mass is 10.00. The Hall–Kier alpha value is -1.44. The van der Waals surface area contributed by atoms with Crippen molar-refractivity contribution in [1.29, 1.82) is 0 Å². The molecule has 1 aromatic carbocycles. The van der Waals surface area contributed by atoms with Gasteiger partial charge >= 0.3 is 0 Å². The van der Waals surface area contributed by atoms with E-state index in [0.717, 1.165) is 24.2 Å². The van der Waals surface area contributed by atoms with Gasteiger partial charge in [0.25, 0.3) is 0 Å². The quantitative estimate of drug-likeness (QED) is 0.887. The Morgan fingerprint density at radius 3 is 2.71 bits per heavy atom. The number of nitrogens with zero attached hydrogens (tertiary/aromatic N) is 1. The maximum absolute atomic E-state index is 14.0. The van der Waals surface area contributed by atoms with Gasteiger partial charge in [0.15, 0.2) is 9.84 Å². The summed E-state index contributed by atoms with van der Waals surface area (Å²) >= 11 is 1.17. The monoisotopic (exact) mass is 367 g/mol. The number of fused-ring (bicyclic) bond motifs is 2. The lowest BCUT2D eigenvalue weighted by molar-refractivity contribution is 0.0910. The number of aliphatic hydroxyl groups excluding tert-OH is 1. The highest BCUT2D eigenvalue weighted by Crippen LogP contribution is 2.49. The highest BCUT2D eigenvalue weighted by atomic mass is 32.2. The van der Waals surface area contributed by atoms with Crippen LogP contribution in [0.4, 0.5) is 9.39 Å². The molecule has 0 unspecified atom stereocenters. The Bertz CT molecular complexity index is 907. The number of hydrogen-bond acceptors (Lipinski definition) is 5. The molecule has 0 spiro atoms. The fourth-order valence-corrected chi connectivity index (χ4v) is 6.24. The van der Waals surface area contributed by atoms with Crippen LogP contribution in [0.1, 0.15) is 28.4 Å². The first kappa shape index (κ1) is 16.1. The van der Waals surface area contributed by atoms with Crippen molar-refractivity contribution in [3.63, 3.8) is 0 Å². The normalized spacial score (nSPS) is 23.2.